The maximum Gasteiger partial charge on any atom is 0.238 e. The predicted octanol–water partition coefficient (Wildman–Crippen LogP) is 0.212. The number of hydrogen-bond donors (Lipinski definition) is 2. The Morgan fingerprint density at radius 2 is 1.89 bits per heavy atom. The maximum atomic E-state index is 12.1. The Labute approximate surface area is 109 Å². The molecule has 5 nitrogen and oxygen atoms in total. The SMILES string of the molecule is O=C(NC1CCCNCC1)C1CCCCS1(=O)=O. The molecule has 6 heteroatoms. The fourth-order valence-electron chi connectivity index (χ4n) is 2.71. The van der Waals surface area contributed by atoms with Crippen LogP contribution in [0.4, 0.5) is 0 Å². The summed E-state index contributed by atoms with van der Waals surface area (Å²) in [5.41, 5.74) is 0. The molecule has 0 aromatic carbocycles. The molecule has 0 aliphatic carbocycles. The smallest absolute Gasteiger partial charge is 0.238 e. The van der Waals surface area contributed by atoms with Crippen LogP contribution in [-0.4, -0.2) is 44.5 Å². The fraction of sp³-hybridized carbons (Fsp3) is 0.917. The largest absolute Gasteiger partial charge is 0.352 e. The Bertz CT molecular complexity index is 386. The summed E-state index contributed by atoms with van der Waals surface area (Å²) in [6, 6.07) is 0.129. The van der Waals surface area contributed by atoms with Gasteiger partial charge < -0.3 is 10.6 Å². The van der Waals surface area contributed by atoms with Crippen molar-refractivity contribution in [1.29, 1.82) is 0 Å². The monoisotopic (exact) mass is 274 g/mol. The van der Waals surface area contributed by atoms with Crippen molar-refractivity contribution in [2.75, 3.05) is 18.8 Å². The van der Waals surface area contributed by atoms with Crippen LogP contribution in [0.1, 0.15) is 38.5 Å². The molecule has 0 saturated carbocycles. The molecule has 2 heterocycles. The topological polar surface area (TPSA) is 75.3 Å². The highest BCUT2D eigenvalue weighted by molar-refractivity contribution is 7.92. The molecule has 18 heavy (non-hydrogen) atoms. The second-order valence-corrected chi connectivity index (χ2v) is 7.54. The number of amides is 1. The maximum absolute atomic E-state index is 12.1. The van der Waals surface area contributed by atoms with Crippen molar-refractivity contribution in [2.45, 2.75) is 49.8 Å². The Hall–Kier alpha value is -0.620. The fourth-order valence-corrected chi connectivity index (χ4v) is 4.52. The van der Waals surface area contributed by atoms with Gasteiger partial charge in [-0.25, -0.2) is 8.42 Å². The summed E-state index contributed by atoms with van der Waals surface area (Å²) in [6.07, 6.45) is 4.87. The first kappa shape index (κ1) is 13.8. The van der Waals surface area contributed by atoms with Gasteiger partial charge in [0, 0.05) is 6.04 Å². The summed E-state index contributed by atoms with van der Waals surface area (Å²) >= 11 is 0. The lowest BCUT2D eigenvalue weighted by atomic mass is 10.1. The molecule has 2 fully saturated rings. The van der Waals surface area contributed by atoms with Gasteiger partial charge >= 0.3 is 0 Å². The van der Waals surface area contributed by atoms with E-state index in [1.54, 1.807) is 0 Å². The first-order chi connectivity index (χ1) is 8.59. The number of sulfone groups is 1. The predicted molar refractivity (Wildman–Crippen MR) is 70.1 cm³/mol. The van der Waals surface area contributed by atoms with Crippen molar-refractivity contribution < 1.29 is 13.2 Å². The Morgan fingerprint density at radius 3 is 2.67 bits per heavy atom. The molecule has 0 spiro atoms. The number of nitrogens with one attached hydrogen (secondary N) is 2. The molecule has 0 radical (unpaired) electrons. The van der Waals surface area contributed by atoms with Gasteiger partial charge in [0.05, 0.1) is 5.75 Å². The first-order valence-corrected chi connectivity index (χ1v) is 8.54. The van der Waals surface area contributed by atoms with Gasteiger partial charge in [-0.3, -0.25) is 4.79 Å². The average molecular weight is 274 g/mol. The van der Waals surface area contributed by atoms with Gasteiger partial charge in [0.1, 0.15) is 5.25 Å². The van der Waals surface area contributed by atoms with Crippen LogP contribution in [-0.2, 0) is 14.6 Å². The molecule has 104 valence electrons. The highest BCUT2D eigenvalue weighted by atomic mass is 32.2. The van der Waals surface area contributed by atoms with Crippen molar-refractivity contribution in [1.82, 2.24) is 10.6 Å². The van der Waals surface area contributed by atoms with Crippen molar-refractivity contribution in [3.8, 4) is 0 Å². The summed E-state index contributed by atoms with van der Waals surface area (Å²) in [4.78, 5) is 12.1. The zero-order valence-electron chi connectivity index (χ0n) is 10.7. The molecule has 2 saturated heterocycles. The average Bonchev–Trinajstić information content (AvgIpc) is 2.57. The van der Waals surface area contributed by atoms with Crippen molar-refractivity contribution in [3.05, 3.63) is 0 Å². The van der Waals surface area contributed by atoms with Crippen LogP contribution in [0.25, 0.3) is 0 Å². The number of rotatable bonds is 2. The minimum atomic E-state index is -3.21. The Balaban J connectivity index is 1.94. The summed E-state index contributed by atoms with van der Waals surface area (Å²) < 4.78 is 23.7. The molecule has 0 aromatic heterocycles. The van der Waals surface area contributed by atoms with Gasteiger partial charge in [0.2, 0.25) is 5.91 Å². The lowest BCUT2D eigenvalue weighted by Gasteiger charge is -2.24. The van der Waals surface area contributed by atoms with Crippen molar-refractivity contribution in [2.24, 2.45) is 0 Å². The van der Waals surface area contributed by atoms with Crippen molar-refractivity contribution >= 4 is 15.7 Å². The van der Waals surface area contributed by atoms with E-state index in [4.69, 9.17) is 0 Å². The van der Waals surface area contributed by atoms with E-state index in [1.165, 1.54) is 0 Å². The van der Waals surface area contributed by atoms with Crippen molar-refractivity contribution in [3.63, 3.8) is 0 Å². The zero-order chi connectivity index (χ0) is 13.0. The quantitative estimate of drug-likeness (QED) is 0.755. The van der Waals surface area contributed by atoms with Crippen LogP contribution in [0.15, 0.2) is 0 Å². The molecule has 0 bridgehead atoms. The molecule has 2 N–H and O–H groups in total. The number of hydrogen-bond acceptors (Lipinski definition) is 4. The molecule has 2 aliphatic rings. The first-order valence-electron chi connectivity index (χ1n) is 6.82. The molecule has 2 rings (SSSR count). The highest BCUT2D eigenvalue weighted by Gasteiger charge is 2.35. The lowest BCUT2D eigenvalue weighted by molar-refractivity contribution is -0.121. The standard InChI is InChI=1S/C12H22N2O3S/c15-12(11-5-1-2-9-18(11,16)17)14-10-4-3-7-13-8-6-10/h10-11,13H,1-9H2,(H,14,15). The van der Waals surface area contributed by atoms with E-state index in [1.807, 2.05) is 0 Å². The second-order valence-electron chi connectivity index (χ2n) is 5.24. The van der Waals surface area contributed by atoms with Gasteiger partial charge in [-0.15, -0.1) is 0 Å². The molecule has 1 amide bonds. The summed E-state index contributed by atoms with van der Waals surface area (Å²) in [5.74, 6) is -0.112. The molecule has 2 atom stereocenters. The van der Waals surface area contributed by atoms with E-state index >= 15 is 0 Å². The summed E-state index contributed by atoms with van der Waals surface area (Å²) in [5, 5.41) is 5.40. The van der Waals surface area contributed by atoms with Crippen LogP contribution < -0.4 is 10.6 Å². The lowest BCUT2D eigenvalue weighted by Crippen LogP contribution is -2.46. The molecule has 2 unspecified atom stereocenters. The number of carbonyl (C=O) groups is 1. The van der Waals surface area contributed by atoms with Crippen LogP contribution in [0.3, 0.4) is 0 Å². The van der Waals surface area contributed by atoms with Gasteiger partial charge in [-0.1, -0.05) is 6.42 Å². The van der Waals surface area contributed by atoms with E-state index < -0.39 is 15.1 Å². The molecular formula is C12H22N2O3S. The third-order valence-corrected chi connectivity index (χ3v) is 5.97. The van der Waals surface area contributed by atoms with E-state index in [0.29, 0.717) is 12.8 Å². The van der Waals surface area contributed by atoms with Gasteiger partial charge in [0.25, 0.3) is 0 Å². The Kier molecular flexibility index (Phi) is 4.61. The van der Waals surface area contributed by atoms with E-state index in [-0.39, 0.29) is 17.7 Å². The van der Waals surface area contributed by atoms with Crippen LogP contribution in [0, 0.1) is 0 Å². The minimum Gasteiger partial charge on any atom is -0.352 e. The minimum absolute atomic E-state index is 0.129. The molecular weight excluding hydrogens is 252 g/mol. The van der Waals surface area contributed by atoms with E-state index in [2.05, 4.69) is 10.6 Å². The third-order valence-electron chi connectivity index (χ3n) is 3.79. The van der Waals surface area contributed by atoms with Gasteiger partial charge in [0.15, 0.2) is 9.84 Å². The van der Waals surface area contributed by atoms with E-state index in [0.717, 1.165) is 38.8 Å². The zero-order valence-corrected chi connectivity index (χ0v) is 11.5. The van der Waals surface area contributed by atoms with E-state index in [9.17, 15) is 13.2 Å². The summed E-state index contributed by atoms with van der Waals surface area (Å²) in [6.45, 7) is 1.87. The Morgan fingerprint density at radius 1 is 1.06 bits per heavy atom. The van der Waals surface area contributed by atoms with Crippen LogP contribution in [0.5, 0.6) is 0 Å². The van der Waals surface area contributed by atoms with Gasteiger partial charge in [-0.05, 0) is 45.2 Å². The molecule has 0 aromatic rings. The highest BCUT2D eigenvalue weighted by Crippen LogP contribution is 2.20. The second kappa shape index (κ2) is 6.02. The normalized spacial score (nSPS) is 32.4. The van der Waals surface area contributed by atoms with Gasteiger partial charge in [-0.2, -0.15) is 0 Å². The third kappa shape index (κ3) is 3.45. The summed E-state index contributed by atoms with van der Waals surface area (Å²) in [7, 11) is -3.21. The number of carbonyl (C=O) groups excluding carboxylic acids is 1. The van der Waals surface area contributed by atoms with Crippen LogP contribution >= 0.6 is 0 Å². The molecule has 2 aliphatic heterocycles. The van der Waals surface area contributed by atoms with Crippen LogP contribution in [0.2, 0.25) is 0 Å².